The Morgan fingerprint density at radius 2 is 2.17 bits per heavy atom. The average molecular weight is 252 g/mol. The number of rotatable bonds is 9. The number of nitrogens with one attached hydrogen (secondary N) is 1. The normalized spacial score (nSPS) is 12.4. The first-order chi connectivity index (χ1) is 8.80. The minimum atomic E-state index is 0.486. The van der Waals surface area contributed by atoms with Crippen molar-refractivity contribution in [1.29, 1.82) is 0 Å². The van der Waals surface area contributed by atoms with Crippen LogP contribution in [0.25, 0.3) is 0 Å². The molecule has 1 unspecified atom stereocenters. The second kappa shape index (κ2) is 8.89. The van der Waals surface area contributed by atoms with Crippen LogP contribution in [0.1, 0.15) is 25.3 Å². The predicted octanol–water partition coefficient (Wildman–Crippen LogP) is 2.04. The van der Waals surface area contributed by atoms with Crippen LogP contribution in [0.15, 0.2) is 18.3 Å². The van der Waals surface area contributed by atoms with E-state index in [0.717, 1.165) is 32.4 Å². The molecule has 0 saturated carbocycles. The summed E-state index contributed by atoms with van der Waals surface area (Å²) in [4.78, 5) is 4.23. The summed E-state index contributed by atoms with van der Waals surface area (Å²) in [5, 5.41) is 3.50. The van der Waals surface area contributed by atoms with Crippen molar-refractivity contribution < 1.29 is 9.47 Å². The molecule has 0 fully saturated rings. The number of ether oxygens (including phenoxy) is 2. The fourth-order valence-electron chi connectivity index (χ4n) is 1.98. The summed E-state index contributed by atoms with van der Waals surface area (Å²) in [7, 11) is 3.38. The van der Waals surface area contributed by atoms with E-state index in [0.29, 0.717) is 11.9 Å². The Kier molecular flexibility index (Phi) is 7.37. The average Bonchev–Trinajstić information content (AvgIpc) is 2.40. The van der Waals surface area contributed by atoms with E-state index < -0.39 is 0 Å². The SMILES string of the molecule is CCNC(CCCOC)Cc1ccc(OC)nc1. The van der Waals surface area contributed by atoms with Gasteiger partial charge in [0.15, 0.2) is 0 Å². The molecule has 1 aromatic rings. The molecule has 1 rings (SSSR count). The minimum Gasteiger partial charge on any atom is -0.481 e. The number of hydrogen-bond acceptors (Lipinski definition) is 4. The molecule has 1 N–H and O–H groups in total. The smallest absolute Gasteiger partial charge is 0.212 e. The molecule has 0 aromatic carbocycles. The van der Waals surface area contributed by atoms with Gasteiger partial charge >= 0.3 is 0 Å². The predicted molar refractivity (Wildman–Crippen MR) is 73.1 cm³/mol. The summed E-state index contributed by atoms with van der Waals surface area (Å²) < 4.78 is 10.2. The van der Waals surface area contributed by atoms with Crippen LogP contribution >= 0.6 is 0 Å². The third kappa shape index (κ3) is 5.47. The number of nitrogens with zero attached hydrogens (tertiary/aromatic N) is 1. The number of pyridine rings is 1. The molecule has 4 nitrogen and oxygen atoms in total. The molecule has 102 valence electrons. The van der Waals surface area contributed by atoms with Crippen LogP contribution < -0.4 is 10.1 Å². The molecular formula is C14H24N2O2. The summed E-state index contributed by atoms with van der Waals surface area (Å²) in [5.41, 5.74) is 1.24. The Balaban J connectivity index is 2.47. The van der Waals surface area contributed by atoms with Crippen molar-refractivity contribution in [3.05, 3.63) is 23.9 Å². The van der Waals surface area contributed by atoms with E-state index in [1.165, 1.54) is 5.56 Å². The first kappa shape index (κ1) is 14.9. The van der Waals surface area contributed by atoms with E-state index in [1.807, 2.05) is 12.3 Å². The standard InChI is InChI=1S/C14H24N2O2/c1-4-15-13(6-5-9-17-2)10-12-7-8-14(18-3)16-11-12/h7-8,11,13,15H,4-6,9-10H2,1-3H3. The minimum absolute atomic E-state index is 0.486. The summed E-state index contributed by atoms with van der Waals surface area (Å²) in [6, 6.07) is 4.47. The maximum Gasteiger partial charge on any atom is 0.212 e. The molecule has 1 atom stereocenters. The Bertz CT molecular complexity index is 314. The van der Waals surface area contributed by atoms with E-state index in [4.69, 9.17) is 9.47 Å². The van der Waals surface area contributed by atoms with Crippen LogP contribution in [0.4, 0.5) is 0 Å². The molecule has 0 aliphatic rings. The van der Waals surface area contributed by atoms with Gasteiger partial charge in [-0.15, -0.1) is 0 Å². The Morgan fingerprint density at radius 3 is 2.72 bits per heavy atom. The van der Waals surface area contributed by atoms with Gasteiger partial charge in [0.25, 0.3) is 0 Å². The van der Waals surface area contributed by atoms with Gasteiger partial charge in [-0.2, -0.15) is 0 Å². The molecule has 0 radical (unpaired) electrons. The molecular weight excluding hydrogens is 228 g/mol. The Morgan fingerprint density at radius 1 is 1.33 bits per heavy atom. The van der Waals surface area contributed by atoms with E-state index in [9.17, 15) is 0 Å². The molecule has 1 aromatic heterocycles. The highest BCUT2D eigenvalue weighted by Crippen LogP contribution is 2.11. The first-order valence-electron chi connectivity index (χ1n) is 6.51. The van der Waals surface area contributed by atoms with E-state index in [-0.39, 0.29) is 0 Å². The van der Waals surface area contributed by atoms with Crippen LogP contribution in [-0.4, -0.2) is 38.4 Å². The van der Waals surface area contributed by atoms with Crippen LogP contribution in [0.5, 0.6) is 5.88 Å². The fraction of sp³-hybridized carbons (Fsp3) is 0.643. The molecule has 0 amide bonds. The zero-order valence-electron chi connectivity index (χ0n) is 11.6. The maximum atomic E-state index is 5.09. The second-order valence-electron chi connectivity index (χ2n) is 4.30. The third-order valence-electron chi connectivity index (χ3n) is 2.88. The molecule has 0 bridgehead atoms. The zero-order chi connectivity index (χ0) is 13.2. The van der Waals surface area contributed by atoms with Gasteiger partial charge < -0.3 is 14.8 Å². The van der Waals surface area contributed by atoms with E-state index in [1.54, 1.807) is 14.2 Å². The number of aromatic nitrogens is 1. The molecule has 0 aliphatic heterocycles. The summed E-state index contributed by atoms with van der Waals surface area (Å²) in [5.74, 6) is 0.665. The number of methoxy groups -OCH3 is 2. The van der Waals surface area contributed by atoms with E-state index in [2.05, 4.69) is 23.3 Å². The quantitative estimate of drug-likeness (QED) is 0.683. The summed E-state index contributed by atoms with van der Waals surface area (Å²) in [6.07, 6.45) is 5.08. The van der Waals surface area contributed by atoms with E-state index >= 15 is 0 Å². The van der Waals surface area contributed by atoms with Gasteiger partial charge in [0.05, 0.1) is 7.11 Å². The lowest BCUT2D eigenvalue weighted by Crippen LogP contribution is -2.31. The first-order valence-corrected chi connectivity index (χ1v) is 6.51. The zero-order valence-corrected chi connectivity index (χ0v) is 11.6. The van der Waals surface area contributed by atoms with Crippen LogP contribution in [0.2, 0.25) is 0 Å². The van der Waals surface area contributed by atoms with Crippen molar-refractivity contribution in [2.45, 2.75) is 32.2 Å². The largest absolute Gasteiger partial charge is 0.481 e. The molecule has 0 aliphatic carbocycles. The molecule has 1 heterocycles. The number of hydrogen-bond donors (Lipinski definition) is 1. The monoisotopic (exact) mass is 252 g/mol. The van der Waals surface area contributed by atoms with Crippen molar-refractivity contribution in [1.82, 2.24) is 10.3 Å². The van der Waals surface area contributed by atoms with Gasteiger partial charge in [0, 0.05) is 32.0 Å². The summed E-state index contributed by atoms with van der Waals surface area (Å²) >= 11 is 0. The van der Waals surface area contributed by atoms with Crippen molar-refractivity contribution in [3.63, 3.8) is 0 Å². The lowest BCUT2D eigenvalue weighted by atomic mass is 10.0. The Hall–Kier alpha value is -1.13. The van der Waals surface area contributed by atoms with Crippen LogP contribution in [0.3, 0.4) is 0 Å². The van der Waals surface area contributed by atoms with Crippen molar-refractivity contribution in [3.8, 4) is 5.88 Å². The number of likely N-dealkylation sites (N-methyl/N-ethyl adjacent to an activating group) is 1. The molecule has 4 heteroatoms. The Labute approximate surface area is 110 Å². The third-order valence-corrected chi connectivity index (χ3v) is 2.88. The van der Waals surface area contributed by atoms with Gasteiger partial charge in [-0.1, -0.05) is 13.0 Å². The highest BCUT2D eigenvalue weighted by molar-refractivity contribution is 5.18. The van der Waals surface area contributed by atoms with Gasteiger partial charge in [-0.05, 0) is 31.4 Å². The van der Waals surface area contributed by atoms with Crippen LogP contribution in [0, 0.1) is 0 Å². The lowest BCUT2D eigenvalue weighted by molar-refractivity contribution is 0.188. The highest BCUT2D eigenvalue weighted by atomic mass is 16.5. The van der Waals surface area contributed by atoms with Crippen molar-refractivity contribution >= 4 is 0 Å². The van der Waals surface area contributed by atoms with Gasteiger partial charge in [-0.3, -0.25) is 0 Å². The highest BCUT2D eigenvalue weighted by Gasteiger charge is 2.08. The van der Waals surface area contributed by atoms with Gasteiger partial charge in [0.2, 0.25) is 5.88 Å². The molecule has 0 saturated heterocycles. The maximum absolute atomic E-state index is 5.09. The van der Waals surface area contributed by atoms with Gasteiger partial charge in [0.1, 0.15) is 0 Å². The fourth-order valence-corrected chi connectivity index (χ4v) is 1.98. The topological polar surface area (TPSA) is 43.4 Å². The second-order valence-corrected chi connectivity index (χ2v) is 4.30. The molecule has 18 heavy (non-hydrogen) atoms. The lowest BCUT2D eigenvalue weighted by Gasteiger charge is -2.17. The molecule has 0 spiro atoms. The van der Waals surface area contributed by atoms with Crippen molar-refractivity contribution in [2.75, 3.05) is 27.4 Å². The van der Waals surface area contributed by atoms with Gasteiger partial charge in [-0.25, -0.2) is 4.98 Å². The summed E-state index contributed by atoms with van der Waals surface area (Å²) in [6.45, 7) is 3.94. The van der Waals surface area contributed by atoms with Crippen molar-refractivity contribution in [2.24, 2.45) is 0 Å². The van der Waals surface area contributed by atoms with Crippen LogP contribution in [-0.2, 0) is 11.2 Å².